The predicted octanol–water partition coefficient (Wildman–Crippen LogP) is 2.59. The molecule has 0 bridgehead atoms. The van der Waals surface area contributed by atoms with Crippen LogP contribution in [0.25, 0.3) is 0 Å². The number of benzene rings is 2. The average Bonchev–Trinajstić information content (AvgIpc) is 3.21. The number of nitrogen functional groups attached to an aromatic ring is 1. The maximum atomic E-state index is 13.0. The van der Waals surface area contributed by atoms with Crippen molar-refractivity contribution >= 4 is 17.8 Å². The second kappa shape index (κ2) is 10.4. The van der Waals surface area contributed by atoms with E-state index in [9.17, 15) is 14.4 Å². The molecule has 0 radical (unpaired) electrons. The first-order valence-electron chi connectivity index (χ1n) is 11.0. The van der Waals surface area contributed by atoms with E-state index in [0.29, 0.717) is 17.5 Å². The number of carbonyl (C=O) groups excluding carboxylic acids is 2. The van der Waals surface area contributed by atoms with Crippen LogP contribution in [0.15, 0.2) is 71.7 Å². The maximum Gasteiger partial charge on any atom is 0.352 e. The Hall–Kier alpha value is -4.18. The van der Waals surface area contributed by atoms with Gasteiger partial charge in [0.25, 0.3) is 0 Å². The van der Waals surface area contributed by atoms with Crippen molar-refractivity contribution in [3.05, 3.63) is 88.5 Å². The summed E-state index contributed by atoms with van der Waals surface area (Å²) in [6.45, 7) is 1.83. The van der Waals surface area contributed by atoms with E-state index in [-0.39, 0.29) is 11.6 Å². The molecule has 0 aliphatic carbocycles. The van der Waals surface area contributed by atoms with Gasteiger partial charge in [0.1, 0.15) is 6.10 Å². The summed E-state index contributed by atoms with van der Waals surface area (Å²) in [5, 5.41) is 0. The molecule has 4 rings (SSSR count). The summed E-state index contributed by atoms with van der Waals surface area (Å²) in [5.41, 5.74) is 5.64. The molecule has 1 aromatic heterocycles. The van der Waals surface area contributed by atoms with E-state index in [0.717, 1.165) is 4.57 Å². The van der Waals surface area contributed by atoms with E-state index in [1.54, 1.807) is 60.7 Å². The molecule has 0 spiro atoms. The summed E-state index contributed by atoms with van der Waals surface area (Å²) in [6, 6.07) is 16.8. The Morgan fingerprint density at radius 2 is 1.51 bits per heavy atom. The van der Waals surface area contributed by atoms with Gasteiger partial charge in [-0.15, -0.1) is 0 Å². The first-order valence-corrected chi connectivity index (χ1v) is 11.0. The Kier molecular flexibility index (Phi) is 7.11. The molecular formula is C25H25N3O7. The van der Waals surface area contributed by atoms with Crippen molar-refractivity contribution in [2.24, 2.45) is 0 Å². The van der Waals surface area contributed by atoms with Crippen molar-refractivity contribution < 1.29 is 28.5 Å². The second-order valence-electron chi connectivity index (χ2n) is 7.83. The molecule has 10 nitrogen and oxygen atoms in total. The average molecular weight is 479 g/mol. The molecule has 10 heteroatoms. The van der Waals surface area contributed by atoms with Gasteiger partial charge in [-0.3, -0.25) is 4.57 Å². The fourth-order valence-electron chi connectivity index (χ4n) is 3.86. The fraction of sp³-hybridized carbons (Fsp3) is 0.280. The number of methoxy groups -OCH3 is 1. The lowest BCUT2D eigenvalue weighted by Crippen LogP contribution is -2.41. The number of ether oxygens (including phenoxy) is 4. The lowest BCUT2D eigenvalue weighted by atomic mass is 10.1. The predicted molar refractivity (Wildman–Crippen MR) is 125 cm³/mol. The summed E-state index contributed by atoms with van der Waals surface area (Å²) in [5.74, 6) is -1.23. The van der Waals surface area contributed by atoms with Gasteiger partial charge in [0.05, 0.1) is 24.4 Å². The lowest BCUT2D eigenvalue weighted by molar-refractivity contribution is -0.0527. The zero-order chi connectivity index (χ0) is 24.9. The molecular weight excluding hydrogens is 454 g/mol. The molecule has 4 atom stereocenters. The minimum absolute atomic E-state index is 0.0938. The van der Waals surface area contributed by atoms with Gasteiger partial charge in [-0.2, -0.15) is 4.98 Å². The van der Waals surface area contributed by atoms with Gasteiger partial charge >= 0.3 is 17.6 Å². The quantitative estimate of drug-likeness (QED) is 0.508. The van der Waals surface area contributed by atoms with Gasteiger partial charge in [0.2, 0.25) is 0 Å². The molecule has 35 heavy (non-hydrogen) atoms. The minimum atomic E-state index is -1.16. The van der Waals surface area contributed by atoms with E-state index < -0.39 is 42.2 Å². The molecule has 182 valence electrons. The highest BCUT2D eigenvalue weighted by Gasteiger charge is 2.50. The second-order valence-corrected chi connectivity index (χ2v) is 7.83. The van der Waals surface area contributed by atoms with Crippen molar-refractivity contribution in [2.45, 2.75) is 37.9 Å². The van der Waals surface area contributed by atoms with E-state index in [1.807, 2.05) is 6.92 Å². The summed E-state index contributed by atoms with van der Waals surface area (Å²) in [4.78, 5) is 42.4. The highest BCUT2D eigenvalue weighted by atomic mass is 16.6. The number of nitrogens with zero attached hydrogens (tertiary/aromatic N) is 2. The highest BCUT2D eigenvalue weighted by molar-refractivity contribution is 5.90. The van der Waals surface area contributed by atoms with Gasteiger partial charge in [-0.1, -0.05) is 43.3 Å². The van der Waals surface area contributed by atoms with Crippen molar-refractivity contribution in [3.63, 3.8) is 0 Å². The summed E-state index contributed by atoms with van der Waals surface area (Å²) in [7, 11) is 1.38. The highest BCUT2D eigenvalue weighted by Crippen LogP contribution is 2.36. The van der Waals surface area contributed by atoms with Crippen LogP contribution in [0.1, 0.15) is 40.3 Å². The SMILES string of the molecule is CC[C@H]1O[C@@H](n2cc(OC)c(N)nc2=O)C(OC(=O)c2ccccc2)[C@H]1OC(=O)c1ccccc1. The Labute approximate surface area is 201 Å². The van der Waals surface area contributed by atoms with Crippen LogP contribution in [0.2, 0.25) is 0 Å². The molecule has 1 fully saturated rings. The summed E-state index contributed by atoms with van der Waals surface area (Å²) >= 11 is 0. The monoisotopic (exact) mass is 479 g/mol. The first kappa shape index (κ1) is 24.0. The molecule has 2 aromatic carbocycles. The summed E-state index contributed by atoms with van der Waals surface area (Å²) in [6.07, 6.45) is -2.23. The third-order valence-electron chi connectivity index (χ3n) is 5.63. The smallest absolute Gasteiger partial charge is 0.352 e. The van der Waals surface area contributed by atoms with Gasteiger partial charge in [-0.25, -0.2) is 14.4 Å². The Morgan fingerprint density at radius 1 is 0.971 bits per heavy atom. The van der Waals surface area contributed by atoms with Crippen LogP contribution in [-0.2, 0) is 14.2 Å². The van der Waals surface area contributed by atoms with Crippen molar-refractivity contribution in [1.29, 1.82) is 0 Å². The standard InChI is InChI=1S/C25H25N3O7/c1-3-17-19(34-23(29)15-10-6-4-7-11-15)20(35-24(30)16-12-8-5-9-13-16)22(33-17)28-14-18(32-2)21(26)27-25(28)31/h4-14,17,19-20,22H,3H2,1-2H3,(H2,26,27,31)/t17-,19+,20?,22-/m1/s1. The van der Waals surface area contributed by atoms with Crippen LogP contribution in [-0.4, -0.2) is 46.9 Å². The number of carbonyl (C=O) groups is 2. The summed E-state index contributed by atoms with van der Waals surface area (Å²) < 4.78 is 24.0. The molecule has 2 heterocycles. The van der Waals surface area contributed by atoms with E-state index in [4.69, 9.17) is 24.7 Å². The van der Waals surface area contributed by atoms with E-state index >= 15 is 0 Å². The fourth-order valence-corrected chi connectivity index (χ4v) is 3.86. The van der Waals surface area contributed by atoms with Crippen molar-refractivity contribution in [2.75, 3.05) is 12.8 Å². The Morgan fingerprint density at radius 3 is 2.03 bits per heavy atom. The zero-order valence-electron chi connectivity index (χ0n) is 19.2. The third-order valence-corrected chi connectivity index (χ3v) is 5.63. The van der Waals surface area contributed by atoms with Crippen LogP contribution in [0.5, 0.6) is 5.75 Å². The van der Waals surface area contributed by atoms with Gasteiger partial charge in [0, 0.05) is 0 Å². The molecule has 1 saturated heterocycles. The van der Waals surface area contributed by atoms with Gasteiger partial charge in [0.15, 0.2) is 30.0 Å². The van der Waals surface area contributed by atoms with Crippen LogP contribution in [0, 0.1) is 0 Å². The molecule has 0 saturated carbocycles. The number of anilines is 1. The Bertz CT molecular complexity index is 1250. The molecule has 0 amide bonds. The van der Waals surface area contributed by atoms with Crippen LogP contribution >= 0.6 is 0 Å². The number of nitrogens with two attached hydrogens (primary N) is 1. The van der Waals surface area contributed by atoms with E-state index in [1.165, 1.54) is 13.3 Å². The number of esters is 2. The third kappa shape index (κ3) is 5.02. The van der Waals surface area contributed by atoms with E-state index in [2.05, 4.69) is 4.98 Å². The maximum absolute atomic E-state index is 13.0. The topological polar surface area (TPSA) is 132 Å². The number of hydrogen-bond acceptors (Lipinski definition) is 9. The minimum Gasteiger partial charge on any atom is -0.491 e. The van der Waals surface area contributed by atoms with Crippen LogP contribution < -0.4 is 16.2 Å². The Balaban J connectivity index is 1.73. The largest absolute Gasteiger partial charge is 0.491 e. The van der Waals surface area contributed by atoms with Crippen molar-refractivity contribution in [1.82, 2.24) is 9.55 Å². The van der Waals surface area contributed by atoms with Gasteiger partial charge < -0.3 is 24.7 Å². The molecule has 1 unspecified atom stereocenters. The van der Waals surface area contributed by atoms with Crippen LogP contribution in [0.3, 0.4) is 0 Å². The van der Waals surface area contributed by atoms with Crippen LogP contribution in [0.4, 0.5) is 5.82 Å². The van der Waals surface area contributed by atoms with Crippen molar-refractivity contribution in [3.8, 4) is 5.75 Å². The zero-order valence-corrected chi connectivity index (χ0v) is 19.2. The first-order chi connectivity index (χ1) is 16.9. The normalized spacial score (nSPS) is 21.3. The molecule has 1 aliphatic heterocycles. The molecule has 2 N–H and O–H groups in total. The van der Waals surface area contributed by atoms with Gasteiger partial charge in [-0.05, 0) is 30.7 Å². The number of rotatable bonds is 7. The number of hydrogen-bond donors (Lipinski definition) is 1. The number of aromatic nitrogens is 2. The molecule has 3 aromatic rings. The lowest BCUT2D eigenvalue weighted by Gasteiger charge is -2.25. The molecule has 1 aliphatic rings.